The number of amides is 1. The van der Waals surface area contributed by atoms with Crippen LogP contribution in [-0.2, 0) is 6.54 Å². The molecule has 0 aliphatic carbocycles. The van der Waals surface area contributed by atoms with Crippen LogP contribution in [0.1, 0.15) is 15.9 Å². The first-order valence-electron chi connectivity index (χ1n) is 6.06. The molecule has 0 saturated heterocycles. The minimum atomic E-state index is -0.180. The fourth-order valence-corrected chi connectivity index (χ4v) is 1.79. The molecule has 0 fully saturated rings. The molecule has 3 rings (SSSR count). The normalized spacial score (nSPS) is 10.4. The van der Waals surface area contributed by atoms with Crippen molar-refractivity contribution in [1.29, 1.82) is 0 Å². The largest absolute Gasteiger partial charge is 0.348 e. The molecule has 6 nitrogen and oxygen atoms in total. The second-order valence-electron chi connectivity index (χ2n) is 4.20. The molecule has 0 bridgehead atoms. The Balaban J connectivity index is 1.75. The van der Waals surface area contributed by atoms with Crippen molar-refractivity contribution < 1.29 is 4.79 Å². The molecule has 0 aliphatic rings. The van der Waals surface area contributed by atoms with E-state index < -0.39 is 0 Å². The molecule has 0 aliphatic heterocycles. The van der Waals surface area contributed by atoms with Gasteiger partial charge in [0, 0.05) is 36.7 Å². The Kier molecular flexibility index (Phi) is 3.28. The number of carbonyl (C=O) groups is 1. The van der Waals surface area contributed by atoms with Crippen molar-refractivity contribution in [3.05, 3.63) is 60.4 Å². The molecule has 1 N–H and O–H groups in total. The topological polar surface area (TPSA) is 80.7 Å². The lowest BCUT2D eigenvalue weighted by atomic mass is 10.2. The molecular formula is C14H11N5O. The zero-order chi connectivity index (χ0) is 13.8. The fraction of sp³-hybridized carbons (Fsp3) is 0.0714. The lowest BCUT2D eigenvalue weighted by Gasteiger charge is -2.05. The molecular weight excluding hydrogens is 254 g/mol. The third-order valence-electron chi connectivity index (χ3n) is 2.82. The molecule has 3 aromatic rings. The van der Waals surface area contributed by atoms with Gasteiger partial charge in [-0.1, -0.05) is 0 Å². The van der Waals surface area contributed by atoms with Crippen LogP contribution in [-0.4, -0.2) is 25.8 Å². The Morgan fingerprint density at radius 1 is 1.10 bits per heavy atom. The van der Waals surface area contributed by atoms with Crippen LogP contribution < -0.4 is 5.32 Å². The second kappa shape index (κ2) is 5.40. The van der Waals surface area contributed by atoms with E-state index in [1.807, 2.05) is 12.1 Å². The summed E-state index contributed by atoms with van der Waals surface area (Å²) in [5.41, 5.74) is 2.05. The van der Waals surface area contributed by atoms with Crippen molar-refractivity contribution in [2.45, 2.75) is 6.54 Å². The molecule has 0 spiro atoms. The van der Waals surface area contributed by atoms with Gasteiger partial charge in [-0.05, 0) is 23.8 Å². The van der Waals surface area contributed by atoms with Gasteiger partial charge in [0.15, 0.2) is 5.65 Å². The fourth-order valence-electron chi connectivity index (χ4n) is 1.79. The molecule has 1 amide bonds. The summed E-state index contributed by atoms with van der Waals surface area (Å²) < 4.78 is 0. The van der Waals surface area contributed by atoms with Gasteiger partial charge in [0.05, 0.1) is 5.56 Å². The molecule has 6 heteroatoms. The van der Waals surface area contributed by atoms with Crippen LogP contribution in [0.4, 0.5) is 0 Å². The molecule has 0 unspecified atom stereocenters. The van der Waals surface area contributed by atoms with Crippen LogP contribution >= 0.6 is 0 Å². The first-order valence-corrected chi connectivity index (χ1v) is 6.06. The number of fused-ring (bicyclic) bond motifs is 1. The molecule has 0 radical (unpaired) electrons. The van der Waals surface area contributed by atoms with E-state index in [1.165, 1.54) is 12.5 Å². The van der Waals surface area contributed by atoms with Crippen LogP contribution in [0.2, 0.25) is 0 Å². The van der Waals surface area contributed by atoms with E-state index in [2.05, 4.69) is 25.3 Å². The first kappa shape index (κ1) is 12.2. The Morgan fingerprint density at radius 2 is 1.95 bits per heavy atom. The summed E-state index contributed by atoms with van der Waals surface area (Å²) >= 11 is 0. The van der Waals surface area contributed by atoms with E-state index in [0.29, 0.717) is 17.8 Å². The van der Waals surface area contributed by atoms with Gasteiger partial charge < -0.3 is 5.32 Å². The van der Waals surface area contributed by atoms with E-state index in [1.54, 1.807) is 24.7 Å². The maximum Gasteiger partial charge on any atom is 0.253 e. The van der Waals surface area contributed by atoms with Crippen molar-refractivity contribution in [2.75, 3.05) is 0 Å². The van der Waals surface area contributed by atoms with Gasteiger partial charge in [0.2, 0.25) is 0 Å². The maximum atomic E-state index is 12.1. The predicted octanol–water partition coefficient (Wildman–Crippen LogP) is 1.35. The smallest absolute Gasteiger partial charge is 0.253 e. The van der Waals surface area contributed by atoms with Crippen molar-refractivity contribution in [3.63, 3.8) is 0 Å². The molecule has 20 heavy (non-hydrogen) atoms. The Hall–Kier alpha value is -2.89. The number of nitrogens with zero attached hydrogens (tertiary/aromatic N) is 4. The summed E-state index contributed by atoms with van der Waals surface area (Å²) in [6, 6.07) is 5.43. The second-order valence-corrected chi connectivity index (χ2v) is 4.20. The molecule has 3 aromatic heterocycles. The number of hydrogen-bond acceptors (Lipinski definition) is 5. The summed E-state index contributed by atoms with van der Waals surface area (Å²) in [6.07, 6.45) is 7.96. The van der Waals surface area contributed by atoms with E-state index >= 15 is 0 Å². The maximum absolute atomic E-state index is 12.1. The first-order chi connectivity index (χ1) is 9.83. The van der Waals surface area contributed by atoms with E-state index in [9.17, 15) is 4.79 Å². The van der Waals surface area contributed by atoms with Crippen LogP contribution in [0.5, 0.6) is 0 Å². The number of rotatable bonds is 3. The minimum Gasteiger partial charge on any atom is -0.348 e. The van der Waals surface area contributed by atoms with Crippen molar-refractivity contribution in [3.8, 4) is 0 Å². The van der Waals surface area contributed by atoms with Gasteiger partial charge in [0.25, 0.3) is 5.91 Å². The molecule has 0 atom stereocenters. The van der Waals surface area contributed by atoms with Crippen molar-refractivity contribution >= 4 is 16.9 Å². The highest BCUT2D eigenvalue weighted by atomic mass is 16.1. The van der Waals surface area contributed by atoms with Crippen LogP contribution in [0.3, 0.4) is 0 Å². The summed E-state index contributed by atoms with van der Waals surface area (Å²) in [6.45, 7) is 0.449. The van der Waals surface area contributed by atoms with Gasteiger partial charge in [-0.15, -0.1) is 0 Å². The number of aromatic nitrogens is 4. The zero-order valence-electron chi connectivity index (χ0n) is 10.5. The standard InChI is InChI=1S/C14H11N5O/c20-14(18-6-10-1-3-15-4-2-10)12-5-11-7-16-9-19-13(11)17-8-12/h1-5,7-9H,6H2,(H,18,20). The SMILES string of the molecule is O=C(NCc1ccncc1)c1cnc2ncncc2c1. The quantitative estimate of drug-likeness (QED) is 0.773. The van der Waals surface area contributed by atoms with E-state index in [4.69, 9.17) is 0 Å². The highest BCUT2D eigenvalue weighted by Crippen LogP contribution is 2.09. The van der Waals surface area contributed by atoms with Gasteiger partial charge in [-0.3, -0.25) is 9.78 Å². The predicted molar refractivity (Wildman–Crippen MR) is 72.7 cm³/mol. The highest BCUT2D eigenvalue weighted by Gasteiger charge is 2.07. The van der Waals surface area contributed by atoms with E-state index in [0.717, 1.165) is 10.9 Å². The minimum absolute atomic E-state index is 0.180. The Morgan fingerprint density at radius 3 is 2.80 bits per heavy atom. The average Bonchev–Trinajstić information content (AvgIpc) is 2.53. The number of hydrogen-bond donors (Lipinski definition) is 1. The van der Waals surface area contributed by atoms with Gasteiger partial charge in [-0.25, -0.2) is 15.0 Å². The van der Waals surface area contributed by atoms with Crippen molar-refractivity contribution in [2.24, 2.45) is 0 Å². The van der Waals surface area contributed by atoms with Crippen LogP contribution in [0, 0.1) is 0 Å². The molecule has 0 aromatic carbocycles. The number of nitrogens with one attached hydrogen (secondary N) is 1. The third-order valence-corrected chi connectivity index (χ3v) is 2.82. The molecule has 3 heterocycles. The van der Waals surface area contributed by atoms with Gasteiger partial charge >= 0.3 is 0 Å². The lowest BCUT2D eigenvalue weighted by molar-refractivity contribution is 0.0950. The van der Waals surface area contributed by atoms with Crippen LogP contribution in [0.15, 0.2) is 49.3 Å². The highest BCUT2D eigenvalue weighted by molar-refractivity contribution is 5.96. The summed E-state index contributed by atoms with van der Waals surface area (Å²) in [7, 11) is 0. The van der Waals surface area contributed by atoms with Crippen LogP contribution in [0.25, 0.3) is 11.0 Å². The van der Waals surface area contributed by atoms with Gasteiger partial charge in [-0.2, -0.15) is 0 Å². The Bertz CT molecular complexity index is 745. The summed E-state index contributed by atoms with van der Waals surface area (Å²) in [5, 5.41) is 3.57. The third kappa shape index (κ3) is 2.59. The lowest BCUT2D eigenvalue weighted by Crippen LogP contribution is -2.22. The Labute approximate surface area is 114 Å². The van der Waals surface area contributed by atoms with Gasteiger partial charge in [0.1, 0.15) is 6.33 Å². The van der Waals surface area contributed by atoms with Crippen molar-refractivity contribution in [1.82, 2.24) is 25.3 Å². The molecule has 0 saturated carbocycles. The number of pyridine rings is 2. The zero-order valence-corrected chi connectivity index (χ0v) is 10.5. The monoisotopic (exact) mass is 265 g/mol. The summed E-state index contributed by atoms with van der Waals surface area (Å²) in [5.74, 6) is -0.180. The number of carbonyl (C=O) groups excluding carboxylic acids is 1. The van der Waals surface area contributed by atoms with E-state index in [-0.39, 0.29) is 5.91 Å². The summed E-state index contributed by atoms with van der Waals surface area (Å²) in [4.78, 5) is 28.0. The molecule has 98 valence electrons. The average molecular weight is 265 g/mol.